The van der Waals surface area contributed by atoms with Gasteiger partial charge in [-0.1, -0.05) is 32.9 Å². The maximum Gasteiger partial charge on any atom is 0.243 e. The van der Waals surface area contributed by atoms with E-state index in [0.29, 0.717) is 18.2 Å². The molecule has 0 spiro atoms. The number of benzene rings is 1. The molecule has 0 aliphatic carbocycles. The third kappa shape index (κ3) is 9.97. The Morgan fingerprint density at radius 2 is 1.68 bits per heavy atom. The number of hydrogen-bond acceptors (Lipinski definition) is 5. The quantitative estimate of drug-likeness (QED) is 0.353. The van der Waals surface area contributed by atoms with Crippen LogP contribution >= 0.6 is 0 Å². The predicted molar refractivity (Wildman–Crippen MR) is 115 cm³/mol. The third-order valence-corrected chi connectivity index (χ3v) is 4.53. The van der Waals surface area contributed by atoms with Crippen molar-refractivity contribution >= 4 is 29.7 Å². The van der Waals surface area contributed by atoms with Crippen molar-refractivity contribution < 1.29 is 23.6 Å². The largest absolute Gasteiger partial charge is 0.350 e. The van der Waals surface area contributed by atoms with Gasteiger partial charge < -0.3 is 21.4 Å². The summed E-state index contributed by atoms with van der Waals surface area (Å²) in [5.74, 6) is -2.05. The standard InChI is InChI=1S/C22H31FN4O4/c1-4-20(29)26-19(11-14(2)3)22(31)27-18(10-9-17(28)12-24)21(30)25-13-15-5-7-16(23)8-6-15/h5-8,12,14,18-19,24H,4,9-11,13H2,1-3H3,(H,25,30)(H,26,29)(H,27,31)/t18-,19-/m0/s1. The third-order valence-electron chi connectivity index (χ3n) is 4.53. The first-order chi connectivity index (χ1) is 14.7. The van der Waals surface area contributed by atoms with Crippen LogP contribution in [0.1, 0.15) is 52.0 Å². The summed E-state index contributed by atoms with van der Waals surface area (Å²) in [6.45, 7) is 5.61. The zero-order valence-corrected chi connectivity index (χ0v) is 18.2. The Kier molecular flexibility index (Phi) is 11.1. The number of rotatable bonds is 13. The van der Waals surface area contributed by atoms with Crippen molar-refractivity contribution in [2.24, 2.45) is 5.92 Å². The molecule has 170 valence electrons. The summed E-state index contributed by atoms with van der Waals surface area (Å²) in [6.07, 6.45) is 1.19. The van der Waals surface area contributed by atoms with Gasteiger partial charge in [-0.2, -0.15) is 0 Å². The molecule has 3 amide bonds. The van der Waals surface area contributed by atoms with E-state index < -0.39 is 35.5 Å². The van der Waals surface area contributed by atoms with Gasteiger partial charge in [0.05, 0.1) is 6.21 Å². The van der Waals surface area contributed by atoms with Gasteiger partial charge in [-0.15, -0.1) is 0 Å². The fraction of sp³-hybridized carbons (Fsp3) is 0.500. The molecule has 0 aliphatic heterocycles. The lowest BCUT2D eigenvalue weighted by Crippen LogP contribution is -2.54. The molecule has 0 heterocycles. The van der Waals surface area contributed by atoms with E-state index in [4.69, 9.17) is 5.41 Å². The monoisotopic (exact) mass is 434 g/mol. The second-order valence-corrected chi connectivity index (χ2v) is 7.66. The highest BCUT2D eigenvalue weighted by Crippen LogP contribution is 2.08. The highest BCUT2D eigenvalue weighted by molar-refractivity contribution is 6.26. The highest BCUT2D eigenvalue weighted by Gasteiger charge is 2.27. The Morgan fingerprint density at radius 3 is 2.23 bits per heavy atom. The maximum atomic E-state index is 13.0. The first-order valence-corrected chi connectivity index (χ1v) is 10.3. The van der Waals surface area contributed by atoms with Crippen molar-refractivity contribution in [2.45, 2.75) is 65.1 Å². The Hall–Kier alpha value is -3.10. The molecule has 4 N–H and O–H groups in total. The van der Waals surface area contributed by atoms with Gasteiger partial charge in [0.25, 0.3) is 0 Å². The molecule has 1 aromatic carbocycles. The van der Waals surface area contributed by atoms with Crippen LogP contribution in [0.4, 0.5) is 4.39 Å². The second kappa shape index (κ2) is 13.3. The van der Waals surface area contributed by atoms with E-state index >= 15 is 0 Å². The SMILES string of the molecule is CCC(=O)N[C@@H](CC(C)C)C(=O)N[C@@H](CCC(=O)C=N)C(=O)NCc1ccc(F)cc1. The van der Waals surface area contributed by atoms with Crippen molar-refractivity contribution in [1.82, 2.24) is 16.0 Å². The molecule has 8 nitrogen and oxygen atoms in total. The Morgan fingerprint density at radius 1 is 1.03 bits per heavy atom. The van der Waals surface area contributed by atoms with Crippen LogP contribution in [0.2, 0.25) is 0 Å². The van der Waals surface area contributed by atoms with Crippen LogP contribution < -0.4 is 16.0 Å². The molecular formula is C22H31FN4O4. The average Bonchev–Trinajstić information content (AvgIpc) is 2.74. The normalized spacial score (nSPS) is 12.5. The molecule has 0 radical (unpaired) electrons. The number of Topliss-reactive ketones (excluding diaryl/α,β-unsaturated/α-hetero) is 1. The molecule has 0 aliphatic rings. The summed E-state index contributed by atoms with van der Waals surface area (Å²) in [7, 11) is 0. The van der Waals surface area contributed by atoms with Crippen LogP contribution in [-0.2, 0) is 25.7 Å². The van der Waals surface area contributed by atoms with Gasteiger partial charge in [-0.3, -0.25) is 19.2 Å². The molecule has 31 heavy (non-hydrogen) atoms. The van der Waals surface area contributed by atoms with Gasteiger partial charge >= 0.3 is 0 Å². The first-order valence-electron chi connectivity index (χ1n) is 10.3. The zero-order chi connectivity index (χ0) is 23.4. The van der Waals surface area contributed by atoms with E-state index in [9.17, 15) is 23.6 Å². The van der Waals surface area contributed by atoms with Crippen LogP contribution in [0.25, 0.3) is 0 Å². The molecule has 1 rings (SSSR count). The topological polar surface area (TPSA) is 128 Å². The van der Waals surface area contributed by atoms with Crippen molar-refractivity contribution in [3.8, 4) is 0 Å². The number of amides is 3. The molecule has 0 aromatic heterocycles. The van der Waals surface area contributed by atoms with Crippen LogP contribution in [0, 0.1) is 17.1 Å². The Labute approximate surface area is 181 Å². The Bertz CT molecular complexity index is 780. The number of ketones is 1. The fourth-order valence-electron chi connectivity index (χ4n) is 2.81. The zero-order valence-electron chi connectivity index (χ0n) is 18.2. The molecule has 1 aromatic rings. The van der Waals surface area contributed by atoms with Crippen molar-refractivity contribution in [3.05, 3.63) is 35.6 Å². The van der Waals surface area contributed by atoms with E-state index in [1.165, 1.54) is 24.3 Å². The molecule has 0 bridgehead atoms. The molecule has 2 atom stereocenters. The van der Waals surface area contributed by atoms with Gasteiger partial charge in [0.2, 0.25) is 17.7 Å². The summed E-state index contributed by atoms with van der Waals surface area (Å²) < 4.78 is 13.0. The van der Waals surface area contributed by atoms with Gasteiger partial charge in [0, 0.05) is 19.4 Å². The molecule has 0 fully saturated rings. The van der Waals surface area contributed by atoms with Gasteiger partial charge in [-0.05, 0) is 36.5 Å². The lowest BCUT2D eigenvalue weighted by atomic mass is 10.0. The van der Waals surface area contributed by atoms with Gasteiger partial charge in [-0.25, -0.2) is 4.39 Å². The van der Waals surface area contributed by atoms with Crippen molar-refractivity contribution in [2.75, 3.05) is 0 Å². The summed E-state index contributed by atoms with van der Waals surface area (Å²) in [5.41, 5.74) is 0.670. The van der Waals surface area contributed by atoms with Crippen LogP contribution in [-0.4, -0.2) is 41.8 Å². The van der Waals surface area contributed by atoms with E-state index in [-0.39, 0.29) is 37.6 Å². The highest BCUT2D eigenvalue weighted by atomic mass is 19.1. The average molecular weight is 435 g/mol. The lowest BCUT2D eigenvalue weighted by Gasteiger charge is -2.24. The minimum Gasteiger partial charge on any atom is -0.350 e. The number of halogens is 1. The van der Waals surface area contributed by atoms with Crippen molar-refractivity contribution in [1.29, 1.82) is 5.41 Å². The second-order valence-electron chi connectivity index (χ2n) is 7.66. The summed E-state index contributed by atoms with van der Waals surface area (Å²) in [6, 6.07) is 3.78. The molecule has 0 saturated heterocycles. The molecule has 0 unspecified atom stereocenters. The predicted octanol–water partition coefficient (Wildman–Crippen LogP) is 1.87. The summed E-state index contributed by atoms with van der Waals surface area (Å²) in [4.78, 5) is 48.8. The molecular weight excluding hydrogens is 403 g/mol. The lowest BCUT2D eigenvalue weighted by molar-refractivity contribution is -0.132. The van der Waals surface area contributed by atoms with E-state index in [0.717, 1.165) is 0 Å². The van der Waals surface area contributed by atoms with Crippen LogP contribution in [0.15, 0.2) is 24.3 Å². The maximum absolute atomic E-state index is 13.0. The first kappa shape index (κ1) is 25.9. The van der Waals surface area contributed by atoms with E-state index in [2.05, 4.69) is 16.0 Å². The summed E-state index contributed by atoms with van der Waals surface area (Å²) in [5, 5.41) is 15.0. The van der Waals surface area contributed by atoms with E-state index in [1.54, 1.807) is 6.92 Å². The van der Waals surface area contributed by atoms with E-state index in [1.807, 2.05) is 13.8 Å². The number of nitrogens with one attached hydrogen (secondary N) is 4. The van der Waals surface area contributed by atoms with Crippen LogP contribution in [0.3, 0.4) is 0 Å². The smallest absolute Gasteiger partial charge is 0.243 e. The molecule has 9 heteroatoms. The molecule has 0 saturated carbocycles. The minimum atomic E-state index is -1.02. The summed E-state index contributed by atoms with van der Waals surface area (Å²) >= 11 is 0. The number of carbonyl (C=O) groups excluding carboxylic acids is 4. The van der Waals surface area contributed by atoms with Crippen LogP contribution in [0.5, 0.6) is 0 Å². The fourth-order valence-corrected chi connectivity index (χ4v) is 2.81. The van der Waals surface area contributed by atoms with Crippen molar-refractivity contribution in [3.63, 3.8) is 0 Å². The van der Waals surface area contributed by atoms with Gasteiger partial charge in [0.15, 0.2) is 5.78 Å². The minimum absolute atomic E-state index is 0.00528. The van der Waals surface area contributed by atoms with Gasteiger partial charge in [0.1, 0.15) is 17.9 Å². The number of carbonyl (C=O) groups is 4. The number of hydrogen-bond donors (Lipinski definition) is 4. The Balaban J connectivity index is 2.87.